The standard InChI is InChI=1S/C10H15N3O2/c1-13(6-4-11)9-3-5-12-7-8(9)10(14)15-2/h3,5,7H,4,6,11H2,1-2H3. The van der Waals surface area contributed by atoms with Crippen LogP contribution in [0.2, 0.25) is 0 Å². The van der Waals surface area contributed by atoms with Crippen LogP contribution in [0.5, 0.6) is 0 Å². The van der Waals surface area contributed by atoms with Crippen molar-refractivity contribution < 1.29 is 9.53 Å². The van der Waals surface area contributed by atoms with Crippen LogP contribution < -0.4 is 10.6 Å². The molecule has 5 heteroatoms. The lowest BCUT2D eigenvalue weighted by Gasteiger charge is -2.20. The second-order valence-corrected chi connectivity index (χ2v) is 3.09. The quantitative estimate of drug-likeness (QED) is 0.720. The molecule has 0 aliphatic rings. The van der Waals surface area contributed by atoms with Crippen molar-refractivity contribution in [3.63, 3.8) is 0 Å². The normalized spacial score (nSPS) is 9.80. The summed E-state index contributed by atoms with van der Waals surface area (Å²) in [6.45, 7) is 1.20. The molecule has 0 bridgehead atoms. The van der Waals surface area contributed by atoms with Crippen molar-refractivity contribution in [1.29, 1.82) is 0 Å². The maximum absolute atomic E-state index is 11.4. The highest BCUT2D eigenvalue weighted by Gasteiger charge is 2.14. The van der Waals surface area contributed by atoms with Crippen LogP contribution in [0.4, 0.5) is 5.69 Å². The summed E-state index contributed by atoms with van der Waals surface area (Å²) in [5.41, 5.74) is 6.69. The van der Waals surface area contributed by atoms with Gasteiger partial charge in [-0.25, -0.2) is 4.79 Å². The number of aromatic nitrogens is 1. The molecule has 0 saturated heterocycles. The lowest BCUT2D eigenvalue weighted by Crippen LogP contribution is -2.26. The average molecular weight is 209 g/mol. The number of carbonyl (C=O) groups excluding carboxylic acids is 1. The van der Waals surface area contributed by atoms with Gasteiger partial charge < -0.3 is 15.4 Å². The first-order chi connectivity index (χ1) is 7.20. The minimum atomic E-state index is -0.387. The molecule has 1 rings (SSSR count). The summed E-state index contributed by atoms with van der Waals surface area (Å²) in [5, 5.41) is 0. The van der Waals surface area contributed by atoms with Crippen molar-refractivity contribution >= 4 is 11.7 Å². The van der Waals surface area contributed by atoms with Crippen LogP contribution in [0, 0.1) is 0 Å². The molecule has 82 valence electrons. The molecule has 0 radical (unpaired) electrons. The lowest BCUT2D eigenvalue weighted by molar-refractivity contribution is 0.0601. The van der Waals surface area contributed by atoms with Crippen LogP contribution in [0.15, 0.2) is 18.5 Å². The molecule has 0 spiro atoms. The van der Waals surface area contributed by atoms with Crippen LogP contribution in [-0.2, 0) is 4.74 Å². The number of likely N-dealkylation sites (N-methyl/N-ethyl adjacent to an activating group) is 1. The van der Waals surface area contributed by atoms with Gasteiger partial charge in [0.15, 0.2) is 0 Å². The Morgan fingerprint density at radius 1 is 1.67 bits per heavy atom. The fourth-order valence-electron chi connectivity index (χ4n) is 1.30. The van der Waals surface area contributed by atoms with Gasteiger partial charge in [-0.2, -0.15) is 0 Å². The van der Waals surface area contributed by atoms with Gasteiger partial charge >= 0.3 is 5.97 Å². The van der Waals surface area contributed by atoms with E-state index in [9.17, 15) is 4.79 Å². The van der Waals surface area contributed by atoms with E-state index in [4.69, 9.17) is 5.73 Å². The van der Waals surface area contributed by atoms with Crippen LogP contribution >= 0.6 is 0 Å². The Bertz CT molecular complexity index is 341. The molecule has 0 unspecified atom stereocenters. The fourth-order valence-corrected chi connectivity index (χ4v) is 1.30. The molecule has 0 aromatic carbocycles. The van der Waals surface area contributed by atoms with E-state index in [1.165, 1.54) is 13.3 Å². The summed E-state index contributed by atoms with van der Waals surface area (Å²) in [5.74, 6) is -0.387. The predicted octanol–water partition coefficient (Wildman–Crippen LogP) is 0.263. The second-order valence-electron chi connectivity index (χ2n) is 3.09. The second kappa shape index (κ2) is 5.31. The minimum Gasteiger partial charge on any atom is -0.465 e. The first kappa shape index (κ1) is 11.5. The molecule has 1 heterocycles. The molecular weight excluding hydrogens is 194 g/mol. The van der Waals surface area contributed by atoms with E-state index in [-0.39, 0.29) is 5.97 Å². The van der Waals surface area contributed by atoms with E-state index in [1.54, 1.807) is 12.3 Å². The van der Waals surface area contributed by atoms with Gasteiger partial charge in [0, 0.05) is 32.5 Å². The van der Waals surface area contributed by atoms with Crippen molar-refractivity contribution in [2.75, 3.05) is 32.1 Å². The average Bonchev–Trinajstić information content (AvgIpc) is 2.28. The number of carbonyl (C=O) groups is 1. The van der Waals surface area contributed by atoms with Gasteiger partial charge in [-0.05, 0) is 6.07 Å². The highest BCUT2D eigenvalue weighted by Crippen LogP contribution is 2.18. The van der Waals surface area contributed by atoms with Gasteiger partial charge in [-0.15, -0.1) is 0 Å². The number of nitrogens with two attached hydrogens (primary N) is 1. The van der Waals surface area contributed by atoms with Crippen LogP contribution in [0.25, 0.3) is 0 Å². The number of anilines is 1. The molecule has 0 aliphatic heterocycles. The van der Waals surface area contributed by atoms with Gasteiger partial charge in [0.25, 0.3) is 0 Å². The number of methoxy groups -OCH3 is 1. The Hall–Kier alpha value is -1.62. The summed E-state index contributed by atoms with van der Waals surface area (Å²) in [7, 11) is 3.22. The van der Waals surface area contributed by atoms with Gasteiger partial charge in [0.2, 0.25) is 0 Å². The molecule has 0 aliphatic carbocycles. The van der Waals surface area contributed by atoms with Gasteiger partial charge in [-0.1, -0.05) is 0 Å². The molecule has 1 aromatic heterocycles. The maximum Gasteiger partial charge on any atom is 0.341 e. The van der Waals surface area contributed by atoms with Gasteiger partial charge in [-0.3, -0.25) is 4.98 Å². The van der Waals surface area contributed by atoms with Crippen molar-refractivity contribution in [1.82, 2.24) is 4.98 Å². The van der Waals surface area contributed by atoms with Crippen molar-refractivity contribution in [3.05, 3.63) is 24.0 Å². The Labute approximate surface area is 88.9 Å². The van der Waals surface area contributed by atoms with E-state index in [1.807, 2.05) is 11.9 Å². The topological polar surface area (TPSA) is 68.5 Å². The number of hydrogen-bond donors (Lipinski definition) is 1. The number of hydrogen-bond acceptors (Lipinski definition) is 5. The lowest BCUT2D eigenvalue weighted by atomic mass is 10.2. The third-order valence-electron chi connectivity index (χ3n) is 2.08. The first-order valence-corrected chi connectivity index (χ1v) is 4.64. The fraction of sp³-hybridized carbons (Fsp3) is 0.400. The number of esters is 1. The number of pyridine rings is 1. The number of ether oxygens (including phenoxy) is 1. The summed E-state index contributed by atoms with van der Waals surface area (Å²) >= 11 is 0. The summed E-state index contributed by atoms with van der Waals surface area (Å²) in [6, 6.07) is 1.77. The van der Waals surface area contributed by atoms with Crippen molar-refractivity contribution in [2.24, 2.45) is 5.73 Å². The molecular formula is C10H15N3O2. The maximum atomic E-state index is 11.4. The number of nitrogens with zero attached hydrogens (tertiary/aromatic N) is 2. The van der Waals surface area contributed by atoms with Crippen LogP contribution in [0.1, 0.15) is 10.4 Å². The molecule has 0 amide bonds. The van der Waals surface area contributed by atoms with Crippen molar-refractivity contribution in [2.45, 2.75) is 0 Å². The molecule has 1 aromatic rings. The van der Waals surface area contributed by atoms with Crippen LogP contribution in [-0.4, -0.2) is 38.2 Å². The first-order valence-electron chi connectivity index (χ1n) is 4.64. The van der Waals surface area contributed by atoms with E-state index < -0.39 is 0 Å². The van der Waals surface area contributed by atoms with Crippen LogP contribution in [0.3, 0.4) is 0 Å². The third kappa shape index (κ3) is 2.66. The Morgan fingerprint density at radius 2 is 2.40 bits per heavy atom. The van der Waals surface area contributed by atoms with Gasteiger partial charge in [0.05, 0.1) is 12.8 Å². The molecule has 0 atom stereocenters. The largest absolute Gasteiger partial charge is 0.465 e. The van der Waals surface area contributed by atoms with E-state index in [2.05, 4.69) is 9.72 Å². The minimum absolute atomic E-state index is 0.387. The summed E-state index contributed by atoms with van der Waals surface area (Å²) in [4.78, 5) is 17.2. The SMILES string of the molecule is COC(=O)c1cnccc1N(C)CCN. The Kier molecular flexibility index (Phi) is 4.05. The third-order valence-corrected chi connectivity index (χ3v) is 2.08. The molecule has 15 heavy (non-hydrogen) atoms. The smallest absolute Gasteiger partial charge is 0.341 e. The zero-order chi connectivity index (χ0) is 11.3. The molecule has 5 nitrogen and oxygen atoms in total. The highest BCUT2D eigenvalue weighted by molar-refractivity contribution is 5.95. The Morgan fingerprint density at radius 3 is 3.00 bits per heavy atom. The predicted molar refractivity (Wildman–Crippen MR) is 57.9 cm³/mol. The zero-order valence-electron chi connectivity index (χ0n) is 8.93. The molecule has 0 fully saturated rings. The van der Waals surface area contributed by atoms with E-state index >= 15 is 0 Å². The number of rotatable bonds is 4. The summed E-state index contributed by atoms with van der Waals surface area (Å²) in [6.07, 6.45) is 3.13. The Balaban J connectivity index is 3.00. The van der Waals surface area contributed by atoms with Gasteiger partial charge in [0.1, 0.15) is 5.56 Å². The zero-order valence-corrected chi connectivity index (χ0v) is 8.93. The molecule has 2 N–H and O–H groups in total. The van der Waals surface area contributed by atoms with Crippen molar-refractivity contribution in [3.8, 4) is 0 Å². The van der Waals surface area contributed by atoms with E-state index in [0.29, 0.717) is 18.7 Å². The summed E-state index contributed by atoms with van der Waals surface area (Å²) < 4.78 is 4.67. The van der Waals surface area contributed by atoms with E-state index in [0.717, 1.165) is 5.69 Å². The highest BCUT2D eigenvalue weighted by atomic mass is 16.5. The molecule has 0 saturated carbocycles. The monoisotopic (exact) mass is 209 g/mol.